The second kappa shape index (κ2) is 7.24. The van der Waals surface area contributed by atoms with Crippen molar-refractivity contribution in [2.75, 3.05) is 18.4 Å². The van der Waals surface area contributed by atoms with Crippen molar-refractivity contribution in [3.63, 3.8) is 0 Å². The van der Waals surface area contributed by atoms with Gasteiger partial charge in [-0.2, -0.15) is 0 Å². The van der Waals surface area contributed by atoms with Crippen molar-refractivity contribution in [2.24, 2.45) is 5.92 Å². The van der Waals surface area contributed by atoms with E-state index in [1.807, 2.05) is 24.7 Å². The number of ether oxygens (including phenoxy) is 1. The summed E-state index contributed by atoms with van der Waals surface area (Å²) < 4.78 is 6.16. The molecular weight excluding hydrogens is 348 g/mol. The van der Waals surface area contributed by atoms with E-state index in [0.29, 0.717) is 6.61 Å². The molecule has 5 heteroatoms. The first kappa shape index (κ1) is 17.2. The van der Waals surface area contributed by atoms with E-state index < -0.39 is 0 Å². The minimum atomic E-state index is 0.484. The van der Waals surface area contributed by atoms with E-state index in [2.05, 4.69) is 51.8 Å². The molecule has 28 heavy (non-hydrogen) atoms. The van der Waals surface area contributed by atoms with Gasteiger partial charge in [0.25, 0.3) is 0 Å². The van der Waals surface area contributed by atoms with Gasteiger partial charge in [0, 0.05) is 29.7 Å². The van der Waals surface area contributed by atoms with E-state index >= 15 is 0 Å². The number of fused-ring (bicyclic) bond motifs is 2. The van der Waals surface area contributed by atoms with Crippen molar-refractivity contribution in [2.45, 2.75) is 26.4 Å². The topological polar surface area (TPSA) is 59.1 Å². The second-order valence-electron chi connectivity index (χ2n) is 7.74. The molecule has 0 amide bonds. The number of nitrogens with one attached hydrogen (secondary N) is 2. The first-order chi connectivity index (χ1) is 13.8. The van der Waals surface area contributed by atoms with Crippen LogP contribution in [-0.4, -0.2) is 23.1 Å². The zero-order valence-corrected chi connectivity index (χ0v) is 16.0. The number of rotatable bonds is 3. The van der Waals surface area contributed by atoms with Gasteiger partial charge in [-0.3, -0.25) is 4.98 Å². The summed E-state index contributed by atoms with van der Waals surface area (Å²) >= 11 is 0. The molecule has 4 heterocycles. The molecule has 0 bridgehead atoms. The van der Waals surface area contributed by atoms with Crippen LogP contribution < -0.4 is 15.4 Å². The highest BCUT2D eigenvalue weighted by molar-refractivity contribution is 5.76. The molecule has 1 aromatic carbocycles. The molecule has 1 fully saturated rings. The minimum absolute atomic E-state index is 0.484. The molecule has 2 aliphatic heterocycles. The Kier molecular flexibility index (Phi) is 4.45. The van der Waals surface area contributed by atoms with Crippen molar-refractivity contribution in [3.8, 4) is 16.9 Å². The van der Waals surface area contributed by atoms with E-state index in [0.717, 1.165) is 64.9 Å². The monoisotopic (exact) mass is 372 g/mol. The average molecular weight is 372 g/mol. The van der Waals surface area contributed by atoms with E-state index in [-0.39, 0.29) is 0 Å². The van der Waals surface area contributed by atoms with Crippen LogP contribution >= 0.6 is 0 Å². The fourth-order valence-electron chi connectivity index (χ4n) is 4.15. The number of aryl methyl sites for hydroxylation is 1. The van der Waals surface area contributed by atoms with Crippen LogP contribution in [0.1, 0.15) is 23.1 Å². The van der Waals surface area contributed by atoms with E-state index in [4.69, 9.17) is 4.74 Å². The van der Waals surface area contributed by atoms with Crippen LogP contribution in [0.25, 0.3) is 11.1 Å². The van der Waals surface area contributed by atoms with Crippen molar-refractivity contribution in [3.05, 3.63) is 65.6 Å². The molecule has 1 unspecified atom stereocenters. The minimum Gasteiger partial charge on any atom is -0.487 e. The standard InChI is InChI=1S/C23H24N4O/c1-15-8-18(13-25-11-15)19-5-7-26-23-20(19)14-28-22-3-2-16(10-21(22)27-23)9-17-4-6-24-12-17/h2-3,5,7-8,10-11,13,17,24H,4,6,9,12,14H2,1H3,(H,26,27). The highest BCUT2D eigenvalue weighted by Gasteiger charge is 2.20. The maximum Gasteiger partial charge on any atom is 0.143 e. The van der Waals surface area contributed by atoms with Crippen molar-refractivity contribution in [1.82, 2.24) is 15.3 Å². The molecule has 1 saturated heterocycles. The molecule has 0 radical (unpaired) electrons. The lowest BCUT2D eigenvalue weighted by atomic mass is 9.98. The van der Waals surface area contributed by atoms with Crippen LogP contribution in [0, 0.1) is 12.8 Å². The quantitative estimate of drug-likeness (QED) is 0.720. The smallest absolute Gasteiger partial charge is 0.143 e. The summed E-state index contributed by atoms with van der Waals surface area (Å²) in [5, 5.41) is 6.97. The molecule has 2 aromatic heterocycles. The molecule has 2 N–H and O–H groups in total. The van der Waals surface area contributed by atoms with Gasteiger partial charge in [-0.05, 0) is 79.7 Å². The van der Waals surface area contributed by atoms with Gasteiger partial charge in [0.1, 0.15) is 18.2 Å². The first-order valence-electron chi connectivity index (χ1n) is 9.89. The maximum absolute atomic E-state index is 6.16. The van der Waals surface area contributed by atoms with Crippen LogP contribution in [-0.2, 0) is 13.0 Å². The van der Waals surface area contributed by atoms with Gasteiger partial charge in [-0.15, -0.1) is 0 Å². The molecule has 3 aromatic rings. The molecule has 0 spiro atoms. The Morgan fingerprint density at radius 2 is 2.14 bits per heavy atom. The van der Waals surface area contributed by atoms with E-state index in [1.165, 1.54) is 12.0 Å². The zero-order valence-electron chi connectivity index (χ0n) is 16.0. The number of benzene rings is 1. The summed E-state index contributed by atoms with van der Waals surface area (Å²) in [4.78, 5) is 8.94. The van der Waals surface area contributed by atoms with E-state index in [9.17, 15) is 0 Å². The fourth-order valence-corrected chi connectivity index (χ4v) is 4.15. The predicted octanol–water partition coefficient (Wildman–Crippen LogP) is 4.24. The van der Waals surface area contributed by atoms with Crippen LogP contribution in [0.3, 0.4) is 0 Å². The zero-order chi connectivity index (χ0) is 18.9. The third kappa shape index (κ3) is 3.34. The SMILES string of the molecule is Cc1cncc(-c2ccnc3c2COc2ccc(CC4CCNC4)cc2N3)c1. The Bertz CT molecular complexity index is 1010. The number of anilines is 2. The largest absolute Gasteiger partial charge is 0.487 e. The molecule has 0 saturated carbocycles. The normalized spacial score (nSPS) is 17.8. The lowest BCUT2D eigenvalue weighted by Gasteiger charge is -2.13. The van der Waals surface area contributed by atoms with E-state index in [1.54, 1.807) is 0 Å². The van der Waals surface area contributed by atoms with Gasteiger partial charge in [-0.1, -0.05) is 6.07 Å². The van der Waals surface area contributed by atoms with Crippen molar-refractivity contribution in [1.29, 1.82) is 0 Å². The van der Waals surface area contributed by atoms with Crippen molar-refractivity contribution < 1.29 is 4.74 Å². The van der Waals surface area contributed by atoms with Gasteiger partial charge < -0.3 is 15.4 Å². The van der Waals surface area contributed by atoms with Crippen LogP contribution in [0.2, 0.25) is 0 Å². The second-order valence-corrected chi connectivity index (χ2v) is 7.74. The molecular formula is C23H24N4O. The third-order valence-electron chi connectivity index (χ3n) is 5.60. The van der Waals surface area contributed by atoms with Gasteiger partial charge in [0.15, 0.2) is 0 Å². The summed E-state index contributed by atoms with van der Waals surface area (Å²) in [6, 6.07) is 10.7. The summed E-state index contributed by atoms with van der Waals surface area (Å²) in [7, 11) is 0. The molecule has 5 nitrogen and oxygen atoms in total. The summed E-state index contributed by atoms with van der Waals surface area (Å²) in [5.74, 6) is 2.45. The molecule has 2 aliphatic rings. The molecule has 142 valence electrons. The Morgan fingerprint density at radius 1 is 1.18 bits per heavy atom. The first-order valence-corrected chi connectivity index (χ1v) is 9.89. The Morgan fingerprint density at radius 3 is 3.00 bits per heavy atom. The maximum atomic E-state index is 6.16. The Labute approximate surface area is 165 Å². The Balaban J connectivity index is 1.48. The molecule has 0 aliphatic carbocycles. The highest BCUT2D eigenvalue weighted by atomic mass is 16.5. The lowest BCUT2D eigenvalue weighted by molar-refractivity contribution is 0.311. The number of hydrogen-bond donors (Lipinski definition) is 2. The molecule has 5 rings (SSSR count). The van der Waals surface area contributed by atoms with Gasteiger partial charge in [-0.25, -0.2) is 4.98 Å². The van der Waals surface area contributed by atoms with Crippen molar-refractivity contribution >= 4 is 11.5 Å². The predicted molar refractivity (Wildman–Crippen MR) is 111 cm³/mol. The summed E-state index contributed by atoms with van der Waals surface area (Å²) in [6.07, 6.45) is 7.96. The number of pyridine rings is 2. The highest BCUT2D eigenvalue weighted by Crippen LogP contribution is 2.37. The van der Waals surface area contributed by atoms with Crippen LogP contribution in [0.4, 0.5) is 11.5 Å². The summed E-state index contributed by atoms with van der Waals surface area (Å²) in [6.45, 7) is 4.78. The Hall–Kier alpha value is -2.92. The average Bonchev–Trinajstić information content (AvgIpc) is 3.13. The molecule has 1 atom stereocenters. The third-order valence-corrected chi connectivity index (χ3v) is 5.60. The number of aromatic nitrogens is 2. The van der Waals surface area contributed by atoms with Gasteiger partial charge in [0.2, 0.25) is 0 Å². The lowest BCUT2D eigenvalue weighted by Crippen LogP contribution is -2.10. The number of hydrogen-bond acceptors (Lipinski definition) is 5. The van der Waals surface area contributed by atoms with Gasteiger partial charge in [0.05, 0.1) is 5.69 Å². The number of nitrogens with zero attached hydrogens (tertiary/aromatic N) is 2. The summed E-state index contributed by atoms with van der Waals surface area (Å²) in [5.41, 5.74) is 6.73. The van der Waals surface area contributed by atoms with Crippen LogP contribution in [0.15, 0.2) is 48.9 Å². The van der Waals surface area contributed by atoms with Gasteiger partial charge >= 0.3 is 0 Å². The van der Waals surface area contributed by atoms with Crippen LogP contribution in [0.5, 0.6) is 5.75 Å². The fraction of sp³-hybridized carbons (Fsp3) is 0.304.